The maximum absolute atomic E-state index is 13.1. The van der Waals surface area contributed by atoms with Gasteiger partial charge in [-0.1, -0.05) is 12.1 Å². The molecule has 0 aliphatic carbocycles. The lowest BCUT2D eigenvalue weighted by Gasteiger charge is -2.37. The highest BCUT2D eigenvalue weighted by Crippen LogP contribution is 2.22. The first-order chi connectivity index (χ1) is 13.5. The van der Waals surface area contributed by atoms with E-state index in [1.807, 2.05) is 18.7 Å². The number of piperidine rings is 1. The molecular formula is C21H30FN3O3. The highest BCUT2D eigenvalue weighted by Gasteiger charge is 2.32. The van der Waals surface area contributed by atoms with E-state index in [0.717, 1.165) is 31.5 Å². The van der Waals surface area contributed by atoms with Crippen molar-refractivity contribution in [1.29, 1.82) is 0 Å². The van der Waals surface area contributed by atoms with Gasteiger partial charge >= 0.3 is 0 Å². The average molecular weight is 391 g/mol. The zero-order valence-electron chi connectivity index (χ0n) is 16.7. The number of benzene rings is 1. The van der Waals surface area contributed by atoms with Crippen LogP contribution in [-0.2, 0) is 14.3 Å². The first kappa shape index (κ1) is 20.7. The van der Waals surface area contributed by atoms with E-state index in [4.69, 9.17) is 4.74 Å². The summed E-state index contributed by atoms with van der Waals surface area (Å²) >= 11 is 0. The third-order valence-electron chi connectivity index (χ3n) is 5.86. The summed E-state index contributed by atoms with van der Waals surface area (Å²) in [5.41, 5.74) is 0.872. The summed E-state index contributed by atoms with van der Waals surface area (Å²) in [6.45, 7) is 7.86. The van der Waals surface area contributed by atoms with E-state index >= 15 is 0 Å². The lowest BCUT2D eigenvalue weighted by Crippen LogP contribution is -2.51. The molecule has 0 bridgehead atoms. The Labute approximate surface area is 166 Å². The number of carbonyl (C=O) groups excluding carboxylic acids is 2. The molecule has 6 nitrogen and oxygen atoms in total. The highest BCUT2D eigenvalue weighted by atomic mass is 19.1. The Morgan fingerprint density at radius 2 is 1.68 bits per heavy atom. The largest absolute Gasteiger partial charge is 0.378 e. The monoisotopic (exact) mass is 391 g/mol. The molecule has 0 spiro atoms. The van der Waals surface area contributed by atoms with Crippen molar-refractivity contribution >= 4 is 11.8 Å². The van der Waals surface area contributed by atoms with Crippen molar-refractivity contribution in [3.05, 3.63) is 35.6 Å². The zero-order chi connectivity index (χ0) is 20.1. The van der Waals surface area contributed by atoms with Gasteiger partial charge in [-0.15, -0.1) is 0 Å². The molecule has 1 aromatic rings. The van der Waals surface area contributed by atoms with Gasteiger partial charge in [0.25, 0.3) is 0 Å². The topological polar surface area (TPSA) is 61.9 Å². The van der Waals surface area contributed by atoms with Crippen LogP contribution >= 0.6 is 0 Å². The van der Waals surface area contributed by atoms with Crippen LogP contribution in [0.4, 0.5) is 4.39 Å². The Morgan fingerprint density at radius 1 is 1.07 bits per heavy atom. The molecule has 154 valence electrons. The van der Waals surface area contributed by atoms with Crippen molar-refractivity contribution in [2.75, 3.05) is 39.4 Å². The molecular weight excluding hydrogens is 361 g/mol. The van der Waals surface area contributed by atoms with Crippen LogP contribution in [0.2, 0.25) is 0 Å². The number of likely N-dealkylation sites (tertiary alicyclic amines) is 1. The smallest absolute Gasteiger partial charge is 0.237 e. The molecule has 2 atom stereocenters. The fraction of sp³-hybridized carbons (Fsp3) is 0.619. The van der Waals surface area contributed by atoms with Crippen LogP contribution in [0.25, 0.3) is 0 Å². The number of morpholine rings is 1. The lowest BCUT2D eigenvalue weighted by atomic mass is 9.94. The second kappa shape index (κ2) is 9.47. The Balaban J connectivity index is 1.47. The lowest BCUT2D eigenvalue weighted by molar-refractivity contribution is -0.141. The first-order valence-electron chi connectivity index (χ1n) is 10.1. The molecule has 3 rings (SSSR count). The minimum atomic E-state index is -0.287. The maximum atomic E-state index is 13.1. The zero-order valence-corrected chi connectivity index (χ0v) is 16.7. The van der Waals surface area contributed by atoms with Gasteiger partial charge in [-0.25, -0.2) is 4.39 Å². The number of halogens is 1. The van der Waals surface area contributed by atoms with Crippen molar-refractivity contribution in [3.63, 3.8) is 0 Å². The van der Waals surface area contributed by atoms with E-state index in [0.29, 0.717) is 26.3 Å². The van der Waals surface area contributed by atoms with Crippen LogP contribution in [0.3, 0.4) is 0 Å². The number of rotatable bonds is 5. The van der Waals surface area contributed by atoms with Crippen LogP contribution in [0, 0.1) is 11.7 Å². The molecule has 1 N–H and O–H groups in total. The summed E-state index contributed by atoms with van der Waals surface area (Å²) in [4.78, 5) is 29.3. The van der Waals surface area contributed by atoms with Gasteiger partial charge in [-0.3, -0.25) is 14.5 Å². The van der Waals surface area contributed by atoms with E-state index in [2.05, 4.69) is 10.2 Å². The Morgan fingerprint density at radius 3 is 2.29 bits per heavy atom. The first-order valence-corrected chi connectivity index (χ1v) is 10.1. The quantitative estimate of drug-likeness (QED) is 0.834. The van der Waals surface area contributed by atoms with Gasteiger partial charge in [-0.05, 0) is 57.5 Å². The van der Waals surface area contributed by atoms with Crippen molar-refractivity contribution < 1.29 is 18.7 Å². The summed E-state index contributed by atoms with van der Waals surface area (Å²) in [6.07, 6.45) is 1.56. The van der Waals surface area contributed by atoms with Crippen LogP contribution < -0.4 is 5.32 Å². The van der Waals surface area contributed by atoms with Gasteiger partial charge in [0.05, 0.1) is 25.3 Å². The van der Waals surface area contributed by atoms with Gasteiger partial charge < -0.3 is 15.0 Å². The van der Waals surface area contributed by atoms with Crippen LogP contribution in [-0.4, -0.2) is 67.0 Å². The van der Waals surface area contributed by atoms with Crippen molar-refractivity contribution in [3.8, 4) is 0 Å². The molecule has 2 heterocycles. The number of nitrogens with one attached hydrogen (secondary N) is 1. The van der Waals surface area contributed by atoms with Crippen LogP contribution in [0.1, 0.15) is 38.3 Å². The minimum Gasteiger partial charge on any atom is -0.378 e. The molecule has 28 heavy (non-hydrogen) atoms. The normalized spacial score (nSPS) is 21.2. The minimum absolute atomic E-state index is 0.0442. The summed E-state index contributed by atoms with van der Waals surface area (Å²) in [5, 5.41) is 3.01. The van der Waals surface area contributed by atoms with Crippen molar-refractivity contribution in [1.82, 2.24) is 15.1 Å². The van der Waals surface area contributed by atoms with Gasteiger partial charge in [0.15, 0.2) is 0 Å². The van der Waals surface area contributed by atoms with Crippen LogP contribution in [0.15, 0.2) is 24.3 Å². The molecule has 1 aromatic carbocycles. The molecule has 0 radical (unpaired) electrons. The summed E-state index contributed by atoms with van der Waals surface area (Å²) < 4.78 is 18.4. The Bertz CT molecular complexity index is 668. The molecule has 0 saturated carbocycles. The van der Waals surface area contributed by atoms with Gasteiger partial charge in [0.1, 0.15) is 5.82 Å². The number of hydrogen-bond acceptors (Lipinski definition) is 4. The van der Waals surface area contributed by atoms with Gasteiger partial charge in [-0.2, -0.15) is 0 Å². The summed E-state index contributed by atoms with van der Waals surface area (Å²) in [6, 6.07) is 5.73. The van der Waals surface area contributed by atoms with E-state index in [9.17, 15) is 14.0 Å². The highest BCUT2D eigenvalue weighted by molar-refractivity contribution is 5.82. The third-order valence-corrected chi connectivity index (χ3v) is 5.86. The fourth-order valence-corrected chi connectivity index (χ4v) is 3.91. The van der Waals surface area contributed by atoms with E-state index < -0.39 is 0 Å². The SMILES string of the molecule is CC(NC(=O)C(C)N1CCC(C(=O)N2CCOCC2)CC1)c1ccc(F)cc1. The standard InChI is InChI=1S/C21H30FN3O3/c1-15(17-3-5-19(22)6-4-17)23-20(26)16(2)24-9-7-18(8-10-24)21(27)25-11-13-28-14-12-25/h3-6,15-16,18H,7-14H2,1-2H3,(H,23,26). The second-order valence-electron chi connectivity index (χ2n) is 7.71. The molecule has 7 heteroatoms. The third kappa shape index (κ3) is 5.08. The molecule has 2 aliphatic heterocycles. The Kier molecular flexibility index (Phi) is 7.02. The molecule has 2 aliphatic rings. The molecule has 2 saturated heterocycles. The summed E-state index contributed by atoms with van der Waals surface area (Å²) in [7, 11) is 0. The van der Waals surface area contributed by atoms with Gasteiger partial charge in [0, 0.05) is 19.0 Å². The molecule has 2 amide bonds. The number of ether oxygens (including phenoxy) is 1. The van der Waals surface area contributed by atoms with Gasteiger partial charge in [0.2, 0.25) is 11.8 Å². The molecule has 0 aromatic heterocycles. The fourth-order valence-electron chi connectivity index (χ4n) is 3.91. The number of amides is 2. The average Bonchev–Trinajstić information content (AvgIpc) is 2.73. The Hall–Kier alpha value is -1.99. The summed E-state index contributed by atoms with van der Waals surface area (Å²) in [5.74, 6) is -0.0624. The van der Waals surface area contributed by atoms with E-state index in [1.54, 1.807) is 12.1 Å². The maximum Gasteiger partial charge on any atom is 0.237 e. The number of nitrogens with zero attached hydrogens (tertiary/aromatic N) is 2. The van der Waals surface area contributed by atoms with E-state index in [-0.39, 0.29) is 35.6 Å². The number of hydrogen-bond donors (Lipinski definition) is 1. The van der Waals surface area contributed by atoms with Crippen molar-refractivity contribution in [2.24, 2.45) is 5.92 Å². The second-order valence-corrected chi connectivity index (χ2v) is 7.71. The van der Waals surface area contributed by atoms with Crippen LogP contribution in [0.5, 0.6) is 0 Å². The van der Waals surface area contributed by atoms with E-state index in [1.165, 1.54) is 12.1 Å². The predicted molar refractivity (Wildman–Crippen MR) is 104 cm³/mol. The molecule has 2 unspecified atom stereocenters. The predicted octanol–water partition coefficient (Wildman–Crippen LogP) is 1.96. The van der Waals surface area contributed by atoms with Crippen molar-refractivity contribution in [2.45, 2.75) is 38.8 Å². The number of carbonyl (C=O) groups is 2. The molecule has 2 fully saturated rings.